The highest BCUT2D eigenvalue weighted by Crippen LogP contribution is 2.17. The van der Waals surface area contributed by atoms with E-state index in [-0.39, 0.29) is 18.0 Å². The van der Waals surface area contributed by atoms with E-state index in [9.17, 15) is 17.2 Å². The van der Waals surface area contributed by atoms with Crippen LogP contribution in [0.3, 0.4) is 0 Å². The smallest absolute Gasteiger partial charge is 0.242 e. The van der Waals surface area contributed by atoms with Gasteiger partial charge in [0.2, 0.25) is 10.0 Å². The zero-order valence-corrected chi connectivity index (χ0v) is 16.4. The summed E-state index contributed by atoms with van der Waals surface area (Å²) in [5.41, 5.74) is 0.296. The minimum absolute atomic E-state index is 0.0735. The fourth-order valence-electron chi connectivity index (χ4n) is 2.39. The molecule has 2 rings (SSSR count). The molecule has 1 aromatic carbocycles. The Labute approximate surface area is 163 Å². The van der Waals surface area contributed by atoms with Gasteiger partial charge in [-0.15, -0.1) is 0 Å². The van der Waals surface area contributed by atoms with Gasteiger partial charge in [0.25, 0.3) is 0 Å². The molecule has 0 aliphatic heterocycles. The van der Waals surface area contributed by atoms with Crippen LogP contribution >= 0.6 is 0 Å². The van der Waals surface area contributed by atoms with Crippen molar-refractivity contribution in [1.29, 1.82) is 0 Å². The summed E-state index contributed by atoms with van der Waals surface area (Å²) in [4.78, 5) is 8.14. The third-order valence-electron chi connectivity index (χ3n) is 3.74. The molecule has 152 valence electrons. The second kappa shape index (κ2) is 10.1. The number of halogens is 2. The second-order valence-electron chi connectivity index (χ2n) is 5.88. The molecule has 0 saturated heterocycles. The molecule has 1 heterocycles. The molecule has 1 aromatic heterocycles. The van der Waals surface area contributed by atoms with Gasteiger partial charge in [0.15, 0.2) is 5.96 Å². The number of aromatic nitrogens is 1. The number of aliphatic imine (C=N–C) groups is 1. The molecule has 0 amide bonds. The molecule has 7 nitrogen and oxygen atoms in total. The Kier molecular flexibility index (Phi) is 7.82. The number of hydrogen-bond donors (Lipinski definition) is 3. The Balaban J connectivity index is 1.96. The minimum atomic E-state index is -3.65. The number of sulfonamides is 1. The van der Waals surface area contributed by atoms with Crippen molar-refractivity contribution in [2.45, 2.75) is 24.8 Å². The summed E-state index contributed by atoms with van der Waals surface area (Å²) in [6, 6.07) is 5.90. The van der Waals surface area contributed by atoms with Crippen molar-refractivity contribution >= 4 is 16.0 Å². The van der Waals surface area contributed by atoms with E-state index in [1.165, 1.54) is 36.7 Å². The van der Waals surface area contributed by atoms with Crippen molar-refractivity contribution in [2.24, 2.45) is 4.99 Å². The Morgan fingerprint density at radius 3 is 2.71 bits per heavy atom. The van der Waals surface area contributed by atoms with Crippen LogP contribution in [0.2, 0.25) is 0 Å². The summed E-state index contributed by atoms with van der Waals surface area (Å²) in [5, 5.41) is 6.01. The number of nitrogens with one attached hydrogen (secondary N) is 3. The van der Waals surface area contributed by atoms with Crippen molar-refractivity contribution in [2.75, 3.05) is 19.6 Å². The molecular weight excluding hydrogens is 388 g/mol. The summed E-state index contributed by atoms with van der Waals surface area (Å²) < 4.78 is 53.7. The molecule has 28 heavy (non-hydrogen) atoms. The SMILES string of the molecule is CCNC(=NCCNS(=O)(=O)c1cccnc1)NC(C)c1ccc(F)cc1F. The van der Waals surface area contributed by atoms with E-state index in [0.717, 1.165) is 6.07 Å². The maximum atomic E-state index is 13.9. The molecule has 1 atom stereocenters. The maximum Gasteiger partial charge on any atom is 0.242 e. The number of nitrogens with zero attached hydrogens (tertiary/aromatic N) is 2. The van der Waals surface area contributed by atoms with E-state index >= 15 is 0 Å². The minimum Gasteiger partial charge on any atom is -0.357 e. The molecule has 10 heteroatoms. The molecular formula is C18H23F2N5O2S. The summed E-state index contributed by atoms with van der Waals surface area (Å²) in [6.07, 6.45) is 2.75. The first-order valence-electron chi connectivity index (χ1n) is 8.73. The number of benzene rings is 1. The average molecular weight is 411 g/mol. The van der Waals surface area contributed by atoms with Gasteiger partial charge >= 0.3 is 0 Å². The predicted molar refractivity (Wildman–Crippen MR) is 103 cm³/mol. The molecule has 0 fully saturated rings. The van der Waals surface area contributed by atoms with Crippen LogP contribution in [-0.2, 0) is 10.0 Å². The molecule has 3 N–H and O–H groups in total. The molecule has 1 unspecified atom stereocenters. The third-order valence-corrected chi connectivity index (χ3v) is 5.19. The number of guanidine groups is 1. The first kappa shape index (κ1) is 21.7. The molecule has 0 saturated carbocycles. The van der Waals surface area contributed by atoms with Gasteiger partial charge in [-0.25, -0.2) is 21.9 Å². The normalized spacial score (nSPS) is 13.2. The van der Waals surface area contributed by atoms with Gasteiger partial charge in [0, 0.05) is 37.1 Å². The number of pyridine rings is 1. The lowest BCUT2D eigenvalue weighted by atomic mass is 10.1. The molecule has 2 aromatic rings. The van der Waals surface area contributed by atoms with Crippen LogP contribution in [-0.4, -0.2) is 39.0 Å². The van der Waals surface area contributed by atoms with Crippen LogP contribution in [0.15, 0.2) is 52.6 Å². The van der Waals surface area contributed by atoms with Crippen LogP contribution in [0.25, 0.3) is 0 Å². The molecule has 0 radical (unpaired) electrons. The Morgan fingerprint density at radius 1 is 1.29 bits per heavy atom. The van der Waals surface area contributed by atoms with Crippen molar-refractivity contribution in [3.8, 4) is 0 Å². The summed E-state index contributed by atoms with van der Waals surface area (Å²) in [5.74, 6) is -0.908. The van der Waals surface area contributed by atoms with Gasteiger partial charge in [0.05, 0.1) is 12.6 Å². The lowest BCUT2D eigenvalue weighted by Crippen LogP contribution is -2.39. The Bertz CT molecular complexity index is 907. The first-order chi connectivity index (χ1) is 13.3. The lowest BCUT2D eigenvalue weighted by molar-refractivity contribution is 0.550. The summed E-state index contributed by atoms with van der Waals surface area (Å²) >= 11 is 0. The average Bonchev–Trinajstić information content (AvgIpc) is 2.66. The molecule has 0 bridgehead atoms. The highest BCUT2D eigenvalue weighted by atomic mass is 32.2. The molecule has 0 spiro atoms. The summed E-state index contributed by atoms with van der Waals surface area (Å²) in [6.45, 7) is 4.38. The second-order valence-corrected chi connectivity index (χ2v) is 7.65. The third kappa shape index (κ3) is 6.24. The predicted octanol–water partition coefficient (Wildman–Crippen LogP) is 1.95. The van der Waals surface area contributed by atoms with E-state index in [2.05, 4.69) is 25.3 Å². The van der Waals surface area contributed by atoms with E-state index in [1.54, 1.807) is 6.92 Å². The van der Waals surface area contributed by atoms with Gasteiger partial charge in [-0.05, 0) is 32.0 Å². The fraction of sp³-hybridized carbons (Fsp3) is 0.333. The van der Waals surface area contributed by atoms with E-state index in [1.807, 2.05) is 6.92 Å². The number of hydrogen-bond acceptors (Lipinski definition) is 4. The highest BCUT2D eigenvalue weighted by Gasteiger charge is 2.14. The van der Waals surface area contributed by atoms with Crippen molar-refractivity contribution in [3.05, 3.63) is 59.9 Å². The Morgan fingerprint density at radius 2 is 2.07 bits per heavy atom. The zero-order chi connectivity index (χ0) is 20.6. The van der Waals surface area contributed by atoms with Gasteiger partial charge in [-0.1, -0.05) is 6.07 Å². The van der Waals surface area contributed by atoms with Crippen molar-refractivity contribution in [1.82, 2.24) is 20.3 Å². The molecule has 0 aliphatic rings. The van der Waals surface area contributed by atoms with Crippen molar-refractivity contribution < 1.29 is 17.2 Å². The van der Waals surface area contributed by atoms with E-state index < -0.39 is 27.7 Å². The van der Waals surface area contributed by atoms with Crippen LogP contribution in [0.4, 0.5) is 8.78 Å². The van der Waals surface area contributed by atoms with Gasteiger partial charge in [-0.3, -0.25) is 9.98 Å². The fourth-order valence-corrected chi connectivity index (χ4v) is 3.38. The van der Waals surface area contributed by atoms with Gasteiger partial charge in [-0.2, -0.15) is 0 Å². The topological polar surface area (TPSA) is 95.5 Å². The number of rotatable bonds is 8. The summed E-state index contributed by atoms with van der Waals surface area (Å²) in [7, 11) is -3.65. The van der Waals surface area contributed by atoms with E-state index in [0.29, 0.717) is 18.1 Å². The first-order valence-corrected chi connectivity index (χ1v) is 10.2. The van der Waals surface area contributed by atoms with Crippen molar-refractivity contribution in [3.63, 3.8) is 0 Å². The Hall–Kier alpha value is -2.59. The van der Waals surface area contributed by atoms with Crippen LogP contribution in [0.1, 0.15) is 25.5 Å². The maximum absolute atomic E-state index is 13.9. The van der Waals surface area contributed by atoms with Gasteiger partial charge in [0.1, 0.15) is 16.5 Å². The highest BCUT2D eigenvalue weighted by molar-refractivity contribution is 7.89. The molecule has 0 aliphatic carbocycles. The quantitative estimate of drug-likeness (QED) is 0.351. The van der Waals surface area contributed by atoms with E-state index in [4.69, 9.17) is 0 Å². The van der Waals surface area contributed by atoms with Crippen LogP contribution in [0, 0.1) is 11.6 Å². The lowest BCUT2D eigenvalue weighted by Gasteiger charge is -2.18. The van der Waals surface area contributed by atoms with Crippen LogP contribution in [0.5, 0.6) is 0 Å². The largest absolute Gasteiger partial charge is 0.357 e. The van der Waals surface area contributed by atoms with Gasteiger partial charge < -0.3 is 10.6 Å². The zero-order valence-electron chi connectivity index (χ0n) is 15.6. The van der Waals surface area contributed by atoms with Crippen LogP contribution < -0.4 is 15.4 Å². The monoisotopic (exact) mass is 411 g/mol. The standard InChI is InChI=1S/C18H23F2N5O2S/c1-3-22-18(25-13(2)16-7-6-14(19)11-17(16)20)23-9-10-24-28(26,27)15-5-4-8-21-12-15/h4-8,11-13,24H,3,9-10H2,1-2H3,(H2,22,23,25).